The predicted molar refractivity (Wildman–Crippen MR) is 58.0 cm³/mol. The normalized spacial score (nSPS) is 17.4. The van der Waals surface area contributed by atoms with E-state index in [-0.39, 0.29) is 20.9 Å². The van der Waals surface area contributed by atoms with Gasteiger partial charge in [0.25, 0.3) is 0 Å². The molecule has 0 saturated carbocycles. The predicted octanol–water partition coefficient (Wildman–Crippen LogP) is 2.54. The van der Waals surface area contributed by atoms with E-state index in [1.54, 1.807) is 0 Å². The van der Waals surface area contributed by atoms with Gasteiger partial charge in [-0.1, -0.05) is 0 Å². The van der Waals surface area contributed by atoms with E-state index >= 15 is 0 Å². The molecule has 0 amide bonds. The van der Waals surface area contributed by atoms with Crippen molar-refractivity contribution >= 4 is 27.0 Å². The van der Waals surface area contributed by atoms with Gasteiger partial charge in [-0.05, 0) is 0 Å². The molecule has 0 saturated heterocycles. The van der Waals surface area contributed by atoms with Crippen LogP contribution in [0.15, 0.2) is 49.9 Å². The molecule has 0 N–H and O–H groups in total. The van der Waals surface area contributed by atoms with Crippen molar-refractivity contribution in [3.8, 4) is 5.75 Å². The number of hydrogen-bond donors (Lipinski definition) is 0. The van der Waals surface area contributed by atoms with Crippen molar-refractivity contribution in [2.24, 2.45) is 0 Å². The van der Waals surface area contributed by atoms with Crippen LogP contribution >= 0.6 is 0 Å². The SMILES string of the molecule is C1=C[Te]C2=Cc3ccccc3OC2=C1. The summed E-state index contributed by atoms with van der Waals surface area (Å²) in [6, 6.07) is 8.17. The Morgan fingerprint density at radius 3 is 3.07 bits per heavy atom. The minimum absolute atomic E-state index is 0.160. The van der Waals surface area contributed by atoms with Crippen molar-refractivity contribution in [1.29, 1.82) is 0 Å². The van der Waals surface area contributed by atoms with Gasteiger partial charge in [-0.3, -0.25) is 0 Å². The van der Waals surface area contributed by atoms with Crippen LogP contribution in [0.2, 0.25) is 0 Å². The summed E-state index contributed by atoms with van der Waals surface area (Å²) in [5, 5.41) is 0. The van der Waals surface area contributed by atoms with Crippen molar-refractivity contribution in [3.63, 3.8) is 0 Å². The van der Waals surface area contributed by atoms with Crippen LogP contribution in [0.3, 0.4) is 0 Å². The summed E-state index contributed by atoms with van der Waals surface area (Å²) in [7, 11) is 0. The van der Waals surface area contributed by atoms with Gasteiger partial charge in [0, 0.05) is 0 Å². The molecule has 2 aliphatic rings. The van der Waals surface area contributed by atoms with Crippen molar-refractivity contribution in [2.75, 3.05) is 0 Å². The number of fused-ring (bicyclic) bond motifs is 2. The zero-order valence-corrected chi connectivity index (χ0v) is 9.77. The van der Waals surface area contributed by atoms with E-state index in [2.05, 4.69) is 28.4 Å². The zero-order valence-electron chi connectivity index (χ0n) is 7.44. The first kappa shape index (κ1) is 8.35. The first-order chi connectivity index (χ1) is 6.93. The molecule has 2 heterocycles. The Balaban J connectivity index is 2.15. The first-order valence-electron chi connectivity index (χ1n) is 4.46. The molecule has 0 radical (unpaired) electrons. The molecule has 0 bridgehead atoms. The van der Waals surface area contributed by atoms with Gasteiger partial charge in [0.15, 0.2) is 0 Å². The third kappa shape index (κ3) is 1.32. The quantitative estimate of drug-likeness (QED) is 0.669. The van der Waals surface area contributed by atoms with Gasteiger partial charge < -0.3 is 0 Å². The summed E-state index contributed by atoms with van der Waals surface area (Å²) in [4.78, 5) is 0. The van der Waals surface area contributed by atoms with Gasteiger partial charge in [-0.2, -0.15) is 0 Å². The number of rotatable bonds is 0. The third-order valence-corrected chi connectivity index (χ3v) is 4.66. The molecule has 68 valence electrons. The van der Waals surface area contributed by atoms with E-state index in [1.165, 1.54) is 9.18 Å². The van der Waals surface area contributed by atoms with Crippen LogP contribution in [-0.4, -0.2) is 20.9 Å². The third-order valence-electron chi connectivity index (χ3n) is 2.19. The molecule has 0 aromatic heterocycles. The fourth-order valence-corrected chi connectivity index (χ4v) is 3.59. The summed E-state index contributed by atoms with van der Waals surface area (Å²) in [6.07, 6.45) is 6.41. The monoisotopic (exact) mass is 298 g/mol. The molecule has 2 aliphatic heterocycles. The summed E-state index contributed by atoms with van der Waals surface area (Å²) >= 11 is -0.160. The molecule has 0 spiro atoms. The average Bonchev–Trinajstić information content (AvgIpc) is 2.26. The van der Waals surface area contributed by atoms with Crippen LogP contribution in [0, 0.1) is 0 Å². The molecule has 14 heavy (non-hydrogen) atoms. The van der Waals surface area contributed by atoms with Crippen molar-refractivity contribution in [1.82, 2.24) is 0 Å². The maximum atomic E-state index is 5.81. The minimum atomic E-state index is -0.160. The molecule has 1 aromatic rings. The molecule has 1 nitrogen and oxygen atoms in total. The number of benzene rings is 1. The summed E-state index contributed by atoms with van der Waals surface area (Å²) in [5.41, 5.74) is 1.21. The van der Waals surface area contributed by atoms with E-state index in [9.17, 15) is 0 Å². The molecular weight excluding hydrogens is 288 g/mol. The van der Waals surface area contributed by atoms with Gasteiger partial charge in [0.2, 0.25) is 0 Å². The van der Waals surface area contributed by atoms with Crippen LogP contribution < -0.4 is 4.74 Å². The van der Waals surface area contributed by atoms with Crippen LogP contribution in [0.1, 0.15) is 5.56 Å². The fraction of sp³-hybridized carbons (Fsp3) is 0. The molecule has 0 atom stereocenters. The van der Waals surface area contributed by atoms with Crippen LogP contribution in [0.4, 0.5) is 0 Å². The second-order valence-electron chi connectivity index (χ2n) is 3.13. The summed E-state index contributed by atoms with van der Waals surface area (Å²) in [5.74, 6) is 2.03. The first-order valence-corrected chi connectivity index (χ1v) is 6.97. The number of hydrogen-bond acceptors (Lipinski definition) is 1. The van der Waals surface area contributed by atoms with E-state index in [0.29, 0.717) is 0 Å². The van der Waals surface area contributed by atoms with Crippen LogP contribution in [0.25, 0.3) is 6.08 Å². The standard InChI is InChI=1S/C12H8OTe/c1-2-5-10-9(4-1)8-12-11(13-10)6-3-7-14-12/h1-8H. The molecule has 1 aromatic carbocycles. The molecule has 0 fully saturated rings. The Kier molecular flexibility index (Phi) is 1.97. The van der Waals surface area contributed by atoms with Crippen LogP contribution in [0.5, 0.6) is 5.75 Å². The van der Waals surface area contributed by atoms with Gasteiger partial charge in [-0.15, -0.1) is 0 Å². The van der Waals surface area contributed by atoms with Gasteiger partial charge in [0.1, 0.15) is 0 Å². The average molecular weight is 296 g/mol. The number of para-hydroxylation sites is 1. The second-order valence-corrected chi connectivity index (χ2v) is 5.83. The van der Waals surface area contributed by atoms with Crippen LogP contribution in [-0.2, 0) is 0 Å². The van der Waals surface area contributed by atoms with E-state index in [4.69, 9.17) is 4.74 Å². The topological polar surface area (TPSA) is 9.23 Å². The molecule has 2 heteroatoms. The molecule has 3 rings (SSSR count). The van der Waals surface area contributed by atoms with Gasteiger partial charge >= 0.3 is 93.0 Å². The van der Waals surface area contributed by atoms with Crippen molar-refractivity contribution < 1.29 is 4.74 Å². The Bertz CT molecular complexity index is 469. The Morgan fingerprint density at radius 2 is 2.07 bits per heavy atom. The fourth-order valence-electron chi connectivity index (χ4n) is 1.52. The van der Waals surface area contributed by atoms with E-state index in [0.717, 1.165) is 11.5 Å². The number of ether oxygens (including phenoxy) is 1. The summed E-state index contributed by atoms with van der Waals surface area (Å²) < 4.78 is 9.48. The Labute approximate surface area is 92.9 Å². The van der Waals surface area contributed by atoms with Crippen molar-refractivity contribution in [3.05, 3.63) is 55.5 Å². The van der Waals surface area contributed by atoms with Gasteiger partial charge in [-0.25, -0.2) is 0 Å². The van der Waals surface area contributed by atoms with E-state index in [1.807, 2.05) is 18.2 Å². The van der Waals surface area contributed by atoms with Crippen molar-refractivity contribution in [2.45, 2.75) is 0 Å². The second kappa shape index (κ2) is 3.31. The number of allylic oxidation sites excluding steroid dienone is 3. The zero-order chi connectivity index (χ0) is 9.38. The molecular formula is C12H8OTe. The maximum absolute atomic E-state index is 5.81. The Morgan fingerprint density at radius 1 is 1.14 bits per heavy atom. The molecule has 0 aliphatic carbocycles. The summed E-state index contributed by atoms with van der Waals surface area (Å²) in [6.45, 7) is 0. The van der Waals surface area contributed by atoms with Gasteiger partial charge in [0.05, 0.1) is 0 Å². The molecule has 0 unspecified atom stereocenters. The van der Waals surface area contributed by atoms with E-state index < -0.39 is 0 Å². The Hall–Kier alpha value is -0.970.